The van der Waals surface area contributed by atoms with Crippen molar-refractivity contribution in [3.8, 4) is 0 Å². The highest BCUT2D eigenvalue weighted by atomic mass is 16.2. The molecule has 4 heteroatoms. The van der Waals surface area contributed by atoms with Crippen molar-refractivity contribution in [3.63, 3.8) is 0 Å². The Hall–Kier alpha value is -2.36. The van der Waals surface area contributed by atoms with Crippen molar-refractivity contribution in [2.24, 2.45) is 0 Å². The van der Waals surface area contributed by atoms with Crippen LogP contribution in [0.2, 0.25) is 0 Å². The van der Waals surface area contributed by atoms with Gasteiger partial charge in [-0.05, 0) is 56.2 Å². The first kappa shape index (κ1) is 14.1. The standard InChI is InChI=1S/C16H19N3O/c1-11-7-8-14(10-12(11)2)19-16(20)18-13(3)15-6-4-5-9-17-15/h4-10,13H,1-3H3,(H2,18,19,20). The predicted octanol–water partition coefficient (Wildman–Crippen LogP) is 3.58. The number of benzene rings is 1. The molecule has 2 aromatic rings. The normalized spacial score (nSPS) is 11.8. The highest BCUT2D eigenvalue weighted by molar-refractivity contribution is 5.89. The summed E-state index contributed by atoms with van der Waals surface area (Å²) < 4.78 is 0. The molecule has 0 saturated heterocycles. The van der Waals surface area contributed by atoms with Crippen LogP contribution in [-0.4, -0.2) is 11.0 Å². The van der Waals surface area contributed by atoms with Crippen LogP contribution < -0.4 is 10.6 Å². The first-order valence-electron chi connectivity index (χ1n) is 6.62. The van der Waals surface area contributed by atoms with Gasteiger partial charge in [0.1, 0.15) is 0 Å². The molecule has 0 aliphatic heterocycles. The van der Waals surface area contributed by atoms with Crippen molar-refractivity contribution in [3.05, 3.63) is 59.4 Å². The van der Waals surface area contributed by atoms with Crippen LogP contribution in [0.1, 0.15) is 29.8 Å². The molecule has 0 aliphatic rings. The maximum absolute atomic E-state index is 11.9. The first-order valence-corrected chi connectivity index (χ1v) is 6.62. The van der Waals surface area contributed by atoms with Gasteiger partial charge in [-0.3, -0.25) is 4.98 Å². The van der Waals surface area contributed by atoms with E-state index in [0.717, 1.165) is 16.9 Å². The summed E-state index contributed by atoms with van der Waals surface area (Å²) in [7, 11) is 0. The molecule has 2 N–H and O–H groups in total. The molecular formula is C16H19N3O. The lowest BCUT2D eigenvalue weighted by molar-refractivity contribution is 0.249. The molecule has 1 heterocycles. The molecule has 1 unspecified atom stereocenters. The quantitative estimate of drug-likeness (QED) is 0.894. The number of hydrogen-bond donors (Lipinski definition) is 2. The molecule has 0 fully saturated rings. The van der Waals surface area contributed by atoms with Gasteiger partial charge in [0, 0.05) is 11.9 Å². The van der Waals surface area contributed by atoms with Crippen LogP contribution in [0, 0.1) is 13.8 Å². The number of aromatic nitrogens is 1. The molecule has 0 spiro atoms. The smallest absolute Gasteiger partial charge is 0.319 e. The highest BCUT2D eigenvalue weighted by Gasteiger charge is 2.10. The summed E-state index contributed by atoms with van der Waals surface area (Å²) in [6.45, 7) is 5.97. The predicted molar refractivity (Wildman–Crippen MR) is 80.7 cm³/mol. The van der Waals surface area contributed by atoms with Crippen LogP contribution in [0.3, 0.4) is 0 Å². The van der Waals surface area contributed by atoms with Gasteiger partial charge < -0.3 is 10.6 Å². The third kappa shape index (κ3) is 3.57. The Balaban J connectivity index is 1.97. The van der Waals surface area contributed by atoms with E-state index in [0.29, 0.717) is 0 Å². The zero-order valence-electron chi connectivity index (χ0n) is 12.0. The number of anilines is 1. The minimum Gasteiger partial charge on any atom is -0.330 e. The van der Waals surface area contributed by atoms with Gasteiger partial charge in [-0.15, -0.1) is 0 Å². The Morgan fingerprint density at radius 2 is 1.95 bits per heavy atom. The number of urea groups is 1. The summed E-state index contributed by atoms with van der Waals surface area (Å²) in [4.78, 5) is 16.2. The maximum atomic E-state index is 11.9. The fourth-order valence-corrected chi connectivity index (χ4v) is 1.89. The zero-order chi connectivity index (χ0) is 14.5. The zero-order valence-corrected chi connectivity index (χ0v) is 12.0. The molecule has 0 saturated carbocycles. The van der Waals surface area contributed by atoms with Gasteiger partial charge in [0.05, 0.1) is 11.7 Å². The number of carbonyl (C=O) groups excluding carboxylic acids is 1. The lowest BCUT2D eigenvalue weighted by Crippen LogP contribution is -2.31. The lowest BCUT2D eigenvalue weighted by Gasteiger charge is -2.14. The molecule has 0 radical (unpaired) electrons. The second-order valence-electron chi connectivity index (χ2n) is 4.87. The van der Waals surface area contributed by atoms with Crippen LogP contribution >= 0.6 is 0 Å². The molecular weight excluding hydrogens is 250 g/mol. The average Bonchev–Trinajstić information content (AvgIpc) is 2.44. The largest absolute Gasteiger partial charge is 0.330 e. The van der Waals surface area contributed by atoms with Crippen molar-refractivity contribution >= 4 is 11.7 Å². The molecule has 4 nitrogen and oxygen atoms in total. The minimum atomic E-state index is -0.230. The summed E-state index contributed by atoms with van der Waals surface area (Å²) in [5, 5.41) is 5.70. The van der Waals surface area contributed by atoms with Crippen molar-refractivity contribution in [2.75, 3.05) is 5.32 Å². The van der Waals surface area contributed by atoms with E-state index in [1.165, 1.54) is 5.56 Å². The summed E-state index contributed by atoms with van der Waals surface area (Å²) in [5.74, 6) is 0. The van der Waals surface area contributed by atoms with E-state index in [2.05, 4.69) is 15.6 Å². The Morgan fingerprint density at radius 3 is 2.60 bits per heavy atom. The van der Waals surface area contributed by atoms with Crippen LogP contribution in [0.25, 0.3) is 0 Å². The van der Waals surface area contributed by atoms with Crippen LogP contribution in [0.15, 0.2) is 42.6 Å². The number of aryl methyl sites for hydroxylation is 2. The SMILES string of the molecule is Cc1ccc(NC(=O)NC(C)c2ccccn2)cc1C. The monoisotopic (exact) mass is 269 g/mol. The fourth-order valence-electron chi connectivity index (χ4n) is 1.89. The number of amides is 2. The van der Waals surface area contributed by atoms with Crippen molar-refractivity contribution in [1.29, 1.82) is 0 Å². The average molecular weight is 269 g/mol. The van der Waals surface area contributed by atoms with Gasteiger partial charge in [0.15, 0.2) is 0 Å². The van der Waals surface area contributed by atoms with E-state index in [1.807, 2.05) is 57.2 Å². The third-order valence-corrected chi connectivity index (χ3v) is 3.24. The van der Waals surface area contributed by atoms with Gasteiger partial charge in [0.2, 0.25) is 0 Å². The van der Waals surface area contributed by atoms with Gasteiger partial charge in [-0.2, -0.15) is 0 Å². The van der Waals surface area contributed by atoms with Crippen LogP contribution in [-0.2, 0) is 0 Å². The van der Waals surface area contributed by atoms with E-state index < -0.39 is 0 Å². The molecule has 104 valence electrons. The summed E-state index contributed by atoms with van der Waals surface area (Å²) in [6, 6.07) is 11.1. The highest BCUT2D eigenvalue weighted by Crippen LogP contribution is 2.14. The van der Waals surface area contributed by atoms with Crippen molar-refractivity contribution in [1.82, 2.24) is 10.3 Å². The molecule has 1 atom stereocenters. The van der Waals surface area contributed by atoms with Gasteiger partial charge >= 0.3 is 6.03 Å². The number of carbonyl (C=O) groups is 1. The Bertz CT molecular complexity index is 596. The van der Waals surface area contributed by atoms with E-state index in [4.69, 9.17) is 0 Å². The fraction of sp³-hybridized carbons (Fsp3) is 0.250. The van der Waals surface area contributed by atoms with Crippen LogP contribution in [0.4, 0.5) is 10.5 Å². The molecule has 1 aromatic carbocycles. The van der Waals surface area contributed by atoms with Crippen LogP contribution in [0.5, 0.6) is 0 Å². The number of nitrogens with zero attached hydrogens (tertiary/aromatic N) is 1. The first-order chi connectivity index (χ1) is 9.56. The van der Waals surface area contributed by atoms with Crippen molar-refractivity contribution < 1.29 is 4.79 Å². The van der Waals surface area contributed by atoms with Gasteiger partial charge in [0.25, 0.3) is 0 Å². The Morgan fingerprint density at radius 1 is 1.15 bits per heavy atom. The van der Waals surface area contributed by atoms with E-state index >= 15 is 0 Å². The second kappa shape index (κ2) is 6.19. The number of rotatable bonds is 3. The maximum Gasteiger partial charge on any atom is 0.319 e. The second-order valence-corrected chi connectivity index (χ2v) is 4.87. The van der Waals surface area contributed by atoms with Gasteiger partial charge in [-0.25, -0.2) is 4.79 Å². The minimum absolute atomic E-state index is 0.136. The molecule has 2 rings (SSSR count). The third-order valence-electron chi connectivity index (χ3n) is 3.24. The summed E-state index contributed by atoms with van der Waals surface area (Å²) in [5.41, 5.74) is 3.99. The Labute approximate surface area is 119 Å². The van der Waals surface area contributed by atoms with E-state index in [9.17, 15) is 4.79 Å². The molecule has 1 aromatic heterocycles. The van der Waals surface area contributed by atoms with E-state index in [-0.39, 0.29) is 12.1 Å². The molecule has 20 heavy (non-hydrogen) atoms. The summed E-state index contributed by atoms with van der Waals surface area (Å²) >= 11 is 0. The number of pyridine rings is 1. The Kier molecular flexibility index (Phi) is 4.35. The molecule has 0 aliphatic carbocycles. The van der Waals surface area contributed by atoms with Gasteiger partial charge in [-0.1, -0.05) is 12.1 Å². The molecule has 2 amide bonds. The molecule has 0 bridgehead atoms. The van der Waals surface area contributed by atoms with E-state index in [1.54, 1.807) is 6.20 Å². The topological polar surface area (TPSA) is 54.0 Å². The lowest BCUT2D eigenvalue weighted by atomic mass is 10.1. The summed E-state index contributed by atoms with van der Waals surface area (Å²) in [6.07, 6.45) is 1.72. The number of hydrogen-bond acceptors (Lipinski definition) is 2. The van der Waals surface area contributed by atoms with Crippen molar-refractivity contribution in [2.45, 2.75) is 26.8 Å². The number of nitrogens with one attached hydrogen (secondary N) is 2.